The molecule has 1 aliphatic heterocycles. The molecule has 0 bridgehead atoms. The van der Waals surface area contributed by atoms with E-state index in [9.17, 15) is 36.6 Å². The number of amides is 1. The predicted molar refractivity (Wildman–Crippen MR) is 136 cm³/mol. The highest BCUT2D eigenvalue weighted by Gasteiger charge is 2.36. The van der Waals surface area contributed by atoms with Crippen molar-refractivity contribution in [3.05, 3.63) is 41.6 Å². The average Bonchev–Trinajstić information content (AvgIpc) is 3.22. The van der Waals surface area contributed by atoms with Crippen LogP contribution in [0.15, 0.2) is 30.3 Å². The lowest BCUT2D eigenvalue weighted by Gasteiger charge is -2.33. The van der Waals surface area contributed by atoms with Crippen LogP contribution < -0.4 is 5.32 Å². The Bertz CT molecular complexity index is 1150. The Labute approximate surface area is 229 Å². The lowest BCUT2D eigenvalue weighted by molar-refractivity contribution is -0.138. The van der Waals surface area contributed by atoms with Crippen molar-refractivity contribution >= 4 is 24.3 Å². The molecular formula is C26H32ClF5N4O3. The third-order valence-electron chi connectivity index (χ3n) is 7.20. The van der Waals surface area contributed by atoms with Crippen molar-refractivity contribution in [1.82, 2.24) is 20.0 Å². The first-order valence-electron chi connectivity index (χ1n) is 12.8. The maximum Gasteiger partial charge on any atom is 0.417 e. The molecule has 1 aromatic heterocycles. The Morgan fingerprint density at radius 3 is 2.51 bits per heavy atom. The van der Waals surface area contributed by atoms with Gasteiger partial charge in [0.15, 0.2) is 5.69 Å². The summed E-state index contributed by atoms with van der Waals surface area (Å²) in [6.07, 6.45) is -1.93. The van der Waals surface area contributed by atoms with Crippen molar-refractivity contribution in [2.24, 2.45) is 5.92 Å². The lowest BCUT2D eigenvalue weighted by Crippen LogP contribution is -2.45. The van der Waals surface area contributed by atoms with Gasteiger partial charge in [0, 0.05) is 31.1 Å². The second kappa shape index (κ2) is 12.6. The van der Waals surface area contributed by atoms with E-state index in [4.69, 9.17) is 0 Å². The largest absolute Gasteiger partial charge is 0.481 e. The summed E-state index contributed by atoms with van der Waals surface area (Å²) in [5, 5.41) is 16.2. The number of nitrogens with one attached hydrogen (secondary N) is 1. The first kappa shape index (κ1) is 30.8. The maximum absolute atomic E-state index is 13.7. The molecule has 2 N–H and O–H groups in total. The number of alkyl halides is 5. The fraction of sp³-hybridized carbons (Fsp3) is 0.577. The molecule has 0 radical (unpaired) electrons. The Hall–Kier alpha value is -2.73. The van der Waals surface area contributed by atoms with E-state index in [0.29, 0.717) is 19.5 Å². The molecule has 2 heterocycles. The first-order chi connectivity index (χ1) is 17.9. The summed E-state index contributed by atoms with van der Waals surface area (Å²) in [6.45, 7) is 0.565. The molecule has 1 amide bonds. The average molecular weight is 579 g/mol. The smallest absolute Gasteiger partial charge is 0.417 e. The summed E-state index contributed by atoms with van der Waals surface area (Å²) < 4.78 is 70.1. The molecule has 1 aromatic carbocycles. The van der Waals surface area contributed by atoms with Crippen LogP contribution in [-0.2, 0) is 17.5 Å². The number of carboxylic acids is 1. The minimum atomic E-state index is -4.61. The number of carbonyl (C=O) groups is 2. The number of nitrogens with zero attached hydrogens (tertiary/aromatic N) is 3. The van der Waals surface area contributed by atoms with E-state index in [1.54, 1.807) is 4.90 Å². The standard InChI is InChI=1S/C26H31F5N4O3.ClH/c27-25(28)10-4-11-34(16-25)12-9-18(13-23(36)37)32-24(38)21-14-22(35(33-21)15-17-5-3-6-17)19-7-1-2-8-20(19)26(29,30)31;/h1-2,7-8,14,17-18H,3-6,9-13,15-16H2,(H,32,38)(H,36,37);1H/t18-;/m0./s1. The molecule has 1 saturated heterocycles. The summed E-state index contributed by atoms with van der Waals surface area (Å²) in [5.74, 6) is -4.46. The monoisotopic (exact) mass is 578 g/mol. The van der Waals surface area contributed by atoms with Crippen LogP contribution in [0, 0.1) is 5.92 Å². The van der Waals surface area contributed by atoms with Gasteiger partial charge in [-0.2, -0.15) is 18.3 Å². The second-order valence-electron chi connectivity index (χ2n) is 10.2. The van der Waals surface area contributed by atoms with Crippen LogP contribution >= 0.6 is 12.4 Å². The normalized spacial score (nSPS) is 18.6. The maximum atomic E-state index is 13.7. The number of benzene rings is 1. The number of aliphatic carboxylic acids is 1. The Morgan fingerprint density at radius 1 is 1.18 bits per heavy atom. The molecule has 1 saturated carbocycles. The highest BCUT2D eigenvalue weighted by Crippen LogP contribution is 2.38. The topological polar surface area (TPSA) is 87.5 Å². The van der Waals surface area contributed by atoms with Gasteiger partial charge in [0.25, 0.3) is 11.8 Å². The molecule has 1 atom stereocenters. The zero-order chi connectivity index (χ0) is 27.5. The van der Waals surface area contributed by atoms with Gasteiger partial charge in [-0.15, -0.1) is 12.4 Å². The van der Waals surface area contributed by atoms with Crippen LogP contribution in [0.4, 0.5) is 22.0 Å². The third kappa shape index (κ3) is 8.14. The molecule has 2 fully saturated rings. The Morgan fingerprint density at radius 2 is 1.90 bits per heavy atom. The van der Waals surface area contributed by atoms with Gasteiger partial charge in [-0.1, -0.05) is 24.6 Å². The number of hydrogen-bond donors (Lipinski definition) is 2. The van der Waals surface area contributed by atoms with Crippen molar-refractivity contribution in [3.63, 3.8) is 0 Å². The van der Waals surface area contributed by atoms with Crippen LogP contribution in [0.1, 0.15) is 61.0 Å². The van der Waals surface area contributed by atoms with Gasteiger partial charge in [-0.3, -0.25) is 19.2 Å². The minimum Gasteiger partial charge on any atom is -0.481 e. The molecule has 216 valence electrons. The zero-order valence-electron chi connectivity index (χ0n) is 21.2. The van der Waals surface area contributed by atoms with E-state index in [1.165, 1.54) is 28.9 Å². The van der Waals surface area contributed by atoms with E-state index < -0.39 is 48.5 Å². The summed E-state index contributed by atoms with van der Waals surface area (Å²) >= 11 is 0. The quantitative estimate of drug-likeness (QED) is 0.364. The van der Waals surface area contributed by atoms with Gasteiger partial charge in [-0.25, -0.2) is 8.78 Å². The first-order valence-corrected chi connectivity index (χ1v) is 12.8. The molecule has 0 unspecified atom stereocenters. The van der Waals surface area contributed by atoms with Crippen LogP contribution in [0.5, 0.6) is 0 Å². The van der Waals surface area contributed by atoms with Crippen LogP contribution in [0.25, 0.3) is 11.3 Å². The van der Waals surface area contributed by atoms with Crippen LogP contribution in [-0.4, -0.2) is 63.3 Å². The molecule has 2 aliphatic rings. The fourth-order valence-corrected chi connectivity index (χ4v) is 5.03. The predicted octanol–water partition coefficient (Wildman–Crippen LogP) is 5.49. The number of carbonyl (C=O) groups excluding carboxylic acids is 1. The minimum absolute atomic E-state index is 0. The summed E-state index contributed by atoms with van der Waals surface area (Å²) in [5.41, 5.74) is -0.917. The van der Waals surface area contributed by atoms with Gasteiger partial charge in [0.05, 0.1) is 24.2 Å². The molecule has 7 nitrogen and oxygen atoms in total. The van der Waals surface area contributed by atoms with Crippen molar-refractivity contribution < 1.29 is 36.6 Å². The third-order valence-corrected chi connectivity index (χ3v) is 7.20. The van der Waals surface area contributed by atoms with Gasteiger partial charge in [-0.05, 0) is 50.3 Å². The number of aromatic nitrogens is 2. The van der Waals surface area contributed by atoms with Gasteiger partial charge < -0.3 is 10.4 Å². The number of rotatable bonds is 10. The molecular weight excluding hydrogens is 547 g/mol. The Balaban J connectivity index is 0.00000420. The summed E-state index contributed by atoms with van der Waals surface area (Å²) in [6, 6.07) is 5.52. The molecule has 4 rings (SSSR count). The lowest BCUT2D eigenvalue weighted by atomic mass is 9.85. The number of likely N-dealkylation sites (tertiary alicyclic amines) is 1. The van der Waals surface area contributed by atoms with Gasteiger partial charge >= 0.3 is 12.1 Å². The highest BCUT2D eigenvalue weighted by atomic mass is 35.5. The van der Waals surface area contributed by atoms with Gasteiger partial charge in [0.2, 0.25) is 0 Å². The van der Waals surface area contributed by atoms with E-state index in [-0.39, 0.29) is 54.7 Å². The second-order valence-corrected chi connectivity index (χ2v) is 10.2. The fourth-order valence-electron chi connectivity index (χ4n) is 5.03. The van der Waals surface area contributed by atoms with Crippen molar-refractivity contribution in [3.8, 4) is 11.3 Å². The molecule has 1 aliphatic carbocycles. The van der Waals surface area contributed by atoms with Crippen molar-refractivity contribution in [2.45, 2.75) is 69.6 Å². The molecule has 39 heavy (non-hydrogen) atoms. The van der Waals surface area contributed by atoms with Crippen molar-refractivity contribution in [1.29, 1.82) is 0 Å². The molecule has 2 aromatic rings. The van der Waals surface area contributed by atoms with E-state index in [0.717, 1.165) is 25.3 Å². The number of hydrogen-bond acceptors (Lipinski definition) is 4. The van der Waals surface area contributed by atoms with E-state index in [2.05, 4.69) is 10.4 Å². The summed E-state index contributed by atoms with van der Waals surface area (Å²) in [7, 11) is 0. The van der Waals surface area contributed by atoms with Crippen LogP contribution in [0.2, 0.25) is 0 Å². The summed E-state index contributed by atoms with van der Waals surface area (Å²) in [4.78, 5) is 26.1. The SMILES string of the molecule is Cl.O=C(O)C[C@H](CCN1CCCC(F)(F)C1)NC(=O)c1cc(-c2ccccc2C(F)(F)F)n(CC2CCC2)n1. The number of halogens is 6. The molecule has 0 spiro atoms. The highest BCUT2D eigenvalue weighted by molar-refractivity contribution is 5.94. The van der Waals surface area contributed by atoms with Crippen molar-refractivity contribution in [2.75, 3.05) is 19.6 Å². The number of piperidine rings is 1. The zero-order valence-corrected chi connectivity index (χ0v) is 22.0. The van der Waals surface area contributed by atoms with E-state index >= 15 is 0 Å². The molecule has 13 heteroatoms. The van der Waals surface area contributed by atoms with Crippen LogP contribution in [0.3, 0.4) is 0 Å². The Kier molecular flexibility index (Phi) is 9.98. The van der Waals surface area contributed by atoms with E-state index in [1.807, 2.05) is 0 Å². The van der Waals surface area contributed by atoms with Gasteiger partial charge in [0.1, 0.15) is 0 Å². The number of carboxylic acid groups (broad SMARTS) is 1.